The second-order valence-corrected chi connectivity index (χ2v) is 9.62. The highest BCUT2D eigenvalue weighted by Gasteiger charge is 2.30. The van der Waals surface area contributed by atoms with Crippen molar-refractivity contribution in [1.29, 1.82) is 0 Å². The number of aliphatic imine (C=N–C) groups is 2. The van der Waals surface area contributed by atoms with Crippen LogP contribution >= 0.6 is 11.8 Å². The normalized spacial score (nSPS) is 15.8. The molecule has 0 unspecified atom stereocenters. The maximum Gasteiger partial charge on any atom is 0.181 e. The zero-order valence-corrected chi connectivity index (χ0v) is 20.1. The largest absolute Gasteiger partial charge is 0.269 e. The van der Waals surface area contributed by atoms with Crippen LogP contribution in [0.2, 0.25) is 0 Å². The van der Waals surface area contributed by atoms with Crippen molar-refractivity contribution in [3.63, 3.8) is 0 Å². The van der Waals surface area contributed by atoms with Crippen LogP contribution in [0.3, 0.4) is 0 Å². The molecule has 5 rings (SSSR count). The Morgan fingerprint density at radius 3 is 1.84 bits per heavy atom. The van der Waals surface area contributed by atoms with Crippen molar-refractivity contribution in [3.05, 3.63) is 81.9 Å². The number of imidazole rings is 1. The third-order valence-corrected chi connectivity index (χ3v) is 6.75. The summed E-state index contributed by atoms with van der Waals surface area (Å²) >= 11 is 1.59. The topological polar surface area (TPSA) is 42.5 Å². The van der Waals surface area contributed by atoms with Crippen molar-refractivity contribution >= 4 is 45.0 Å². The van der Waals surface area contributed by atoms with Crippen molar-refractivity contribution < 1.29 is 0 Å². The molecule has 0 radical (unpaired) electrons. The van der Waals surface area contributed by atoms with E-state index in [2.05, 4.69) is 76.4 Å². The summed E-state index contributed by atoms with van der Waals surface area (Å²) in [5.74, 6) is 0.841. The van der Waals surface area contributed by atoms with Crippen molar-refractivity contribution in [1.82, 2.24) is 9.55 Å². The minimum atomic E-state index is 0.841. The fourth-order valence-electron chi connectivity index (χ4n) is 4.58. The summed E-state index contributed by atoms with van der Waals surface area (Å²) in [5.41, 5.74) is 11.2. The zero-order valence-electron chi connectivity index (χ0n) is 19.3. The lowest BCUT2D eigenvalue weighted by Gasteiger charge is -2.11. The third-order valence-electron chi connectivity index (χ3n) is 5.82. The summed E-state index contributed by atoms with van der Waals surface area (Å²) in [4.78, 5) is 15.2. The van der Waals surface area contributed by atoms with Gasteiger partial charge in [0.25, 0.3) is 0 Å². The molecule has 0 saturated carbocycles. The Morgan fingerprint density at radius 1 is 0.719 bits per heavy atom. The summed E-state index contributed by atoms with van der Waals surface area (Å²) in [7, 11) is 0. The average molecular weight is 439 g/mol. The van der Waals surface area contributed by atoms with Crippen LogP contribution in [0.25, 0.3) is 11.0 Å². The van der Waals surface area contributed by atoms with Crippen molar-refractivity contribution in [3.8, 4) is 0 Å². The molecule has 2 heterocycles. The van der Waals surface area contributed by atoms with Gasteiger partial charge in [0.05, 0.1) is 22.4 Å². The average Bonchev–Trinajstić information content (AvgIpc) is 3.23. The smallest absolute Gasteiger partial charge is 0.181 e. The SMILES string of the molecule is Cc1cc(C)c(N=C2Sc3nc4ccccc4n3C2=Nc2c(C)cc(C)cc2C)c(C)c1. The van der Waals surface area contributed by atoms with E-state index in [0.717, 1.165) is 38.4 Å². The first kappa shape index (κ1) is 20.7. The van der Waals surface area contributed by atoms with E-state index in [4.69, 9.17) is 15.0 Å². The molecule has 5 heteroatoms. The fraction of sp³-hybridized carbons (Fsp3) is 0.222. The number of hydrogen-bond donors (Lipinski definition) is 0. The first-order valence-corrected chi connectivity index (χ1v) is 11.6. The number of rotatable bonds is 2. The molecule has 1 aliphatic rings. The van der Waals surface area contributed by atoms with Gasteiger partial charge in [-0.25, -0.2) is 15.0 Å². The Labute approximate surface area is 193 Å². The molecule has 0 aliphatic carbocycles. The highest BCUT2D eigenvalue weighted by molar-refractivity contribution is 8.16. The minimum Gasteiger partial charge on any atom is -0.269 e. The molecule has 0 atom stereocenters. The molecular weight excluding hydrogens is 412 g/mol. The molecule has 1 aromatic heterocycles. The van der Waals surface area contributed by atoms with Crippen LogP contribution in [0.5, 0.6) is 0 Å². The van der Waals surface area contributed by atoms with E-state index in [-0.39, 0.29) is 0 Å². The van der Waals surface area contributed by atoms with Gasteiger partial charge in [-0.15, -0.1) is 0 Å². The molecule has 0 N–H and O–H groups in total. The Hall–Kier alpha value is -3.18. The van der Waals surface area contributed by atoms with Gasteiger partial charge in [0.15, 0.2) is 11.0 Å². The molecule has 0 fully saturated rings. The number of aromatic nitrogens is 2. The predicted molar refractivity (Wildman–Crippen MR) is 136 cm³/mol. The Kier molecular flexibility index (Phi) is 5.01. The number of nitrogens with zero attached hydrogens (tertiary/aromatic N) is 4. The van der Waals surface area contributed by atoms with Gasteiger partial charge in [-0.05, 0) is 87.7 Å². The molecule has 160 valence electrons. The lowest BCUT2D eigenvalue weighted by atomic mass is 10.1. The number of fused-ring (bicyclic) bond motifs is 3. The highest BCUT2D eigenvalue weighted by Crippen LogP contribution is 2.37. The highest BCUT2D eigenvalue weighted by atomic mass is 32.2. The first-order valence-electron chi connectivity index (χ1n) is 10.8. The zero-order chi connectivity index (χ0) is 22.6. The van der Waals surface area contributed by atoms with Gasteiger partial charge in [0.1, 0.15) is 5.04 Å². The summed E-state index contributed by atoms with van der Waals surface area (Å²) in [5, 5.41) is 1.79. The molecular formula is C27H26N4S. The number of aryl methyl sites for hydroxylation is 6. The Balaban J connectivity index is 1.77. The number of para-hydroxylation sites is 2. The van der Waals surface area contributed by atoms with E-state index in [1.54, 1.807) is 11.8 Å². The molecule has 0 saturated heterocycles. The van der Waals surface area contributed by atoms with Crippen LogP contribution in [0.1, 0.15) is 33.4 Å². The van der Waals surface area contributed by atoms with Crippen molar-refractivity contribution in [2.45, 2.75) is 46.7 Å². The standard InChI is InChI=1S/C27H26N4S/c1-15-11-17(3)23(18(4)12-15)29-25-26(30-24-19(5)13-16(2)14-20(24)6)32-27-28-21-9-7-8-10-22(21)31(25)27/h7-14H,1-6H3. The Bertz CT molecular complexity index is 1410. The van der Waals surface area contributed by atoms with Gasteiger partial charge in [-0.3, -0.25) is 4.57 Å². The van der Waals surface area contributed by atoms with Gasteiger partial charge in [-0.1, -0.05) is 47.5 Å². The van der Waals surface area contributed by atoms with Gasteiger partial charge in [0.2, 0.25) is 0 Å². The number of hydrogen-bond acceptors (Lipinski definition) is 4. The van der Waals surface area contributed by atoms with Gasteiger partial charge in [0, 0.05) is 0 Å². The molecule has 32 heavy (non-hydrogen) atoms. The molecule has 0 amide bonds. The molecule has 0 spiro atoms. The maximum absolute atomic E-state index is 5.20. The summed E-state index contributed by atoms with van der Waals surface area (Å²) in [6, 6.07) is 17.0. The third kappa shape index (κ3) is 3.47. The van der Waals surface area contributed by atoms with Crippen LogP contribution in [0, 0.1) is 41.5 Å². The summed E-state index contributed by atoms with van der Waals surface area (Å²) in [6.45, 7) is 12.7. The van der Waals surface area contributed by atoms with Crippen molar-refractivity contribution in [2.75, 3.05) is 0 Å². The van der Waals surface area contributed by atoms with E-state index < -0.39 is 0 Å². The van der Waals surface area contributed by atoms with Crippen LogP contribution in [-0.4, -0.2) is 20.4 Å². The summed E-state index contributed by atoms with van der Waals surface area (Å²) in [6.07, 6.45) is 0. The van der Waals surface area contributed by atoms with E-state index >= 15 is 0 Å². The van der Waals surface area contributed by atoms with Crippen LogP contribution in [0.4, 0.5) is 11.4 Å². The molecule has 3 aromatic carbocycles. The van der Waals surface area contributed by atoms with E-state index in [9.17, 15) is 0 Å². The second-order valence-electron chi connectivity index (χ2n) is 8.67. The number of benzene rings is 3. The van der Waals surface area contributed by atoms with E-state index in [0.29, 0.717) is 0 Å². The minimum absolute atomic E-state index is 0.841. The number of thioether (sulfide) groups is 1. The second kappa shape index (κ2) is 7.75. The van der Waals surface area contributed by atoms with Crippen molar-refractivity contribution in [2.24, 2.45) is 9.98 Å². The lowest BCUT2D eigenvalue weighted by molar-refractivity contribution is 0.988. The predicted octanol–water partition coefficient (Wildman–Crippen LogP) is 7.30. The van der Waals surface area contributed by atoms with E-state index in [1.807, 2.05) is 18.2 Å². The monoisotopic (exact) mass is 438 g/mol. The van der Waals surface area contributed by atoms with Crippen LogP contribution in [0.15, 0.2) is 63.7 Å². The maximum atomic E-state index is 5.20. The summed E-state index contributed by atoms with van der Waals surface area (Å²) < 4.78 is 2.15. The van der Waals surface area contributed by atoms with Gasteiger partial charge < -0.3 is 0 Å². The molecule has 0 bridgehead atoms. The lowest BCUT2D eigenvalue weighted by Crippen LogP contribution is -2.14. The van der Waals surface area contributed by atoms with E-state index in [1.165, 1.54) is 33.4 Å². The quantitative estimate of drug-likeness (QED) is 0.329. The first-order chi connectivity index (χ1) is 15.3. The van der Waals surface area contributed by atoms with Crippen LogP contribution in [-0.2, 0) is 0 Å². The van der Waals surface area contributed by atoms with Crippen LogP contribution < -0.4 is 0 Å². The molecule has 4 aromatic rings. The fourth-order valence-corrected chi connectivity index (χ4v) is 5.54. The Morgan fingerprint density at radius 2 is 1.25 bits per heavy atom. The van der Waals surface area contributed by atoms with Gasteiger partial charge in [-0.2, -0.15) is 0 Å². The van der Waals surface area contributed by atoms with Gasteiger partial charge >= 0.3 is 0 Å². The molecule has 4 nitrogen and oxygen atoms in total. The molecule has 1 aliphatic heterocycles.